The van der Waals surface area contributed by atoms with Gasteiger partial charge in [-0.15, -0.1) is 0 Å². The summed E-state index contributed by atoms with van der Waals surface area (Å²) in [5.74, 6) is -0.301. The van der Waals surface area contributed by atoms with Gasteiger partial charge in [-0.3, -0.25) is 0 Å². The number of ether oxygens (including phenoxy) is 1. The highest BCUT2D eigenvalue weighted by Gasteiger charge is 2.17. The van der Waals surface area contributed by atoms with Crippen molar-refractivity contribution in [1.29, 1.82) is 0 Å². The number of carbonyl (C=O) groups is 1. The molecule has 0 bridgehead atoms. The Morgan fingerprint density at radius 2 is 1.97 bits per heavy atom. The van der Waals surface area contributed by atoms with Crippen LogP contribution in [0.4, 0.5) is 0 Å². The zero-order chi connectivity index (χ0) is 22.2. The maximum Gasteiger partial charge on any atom is 0.341 e. The second kappa shape index (κ2) is 10.5. The summed E-state index contributed by atoms with van der Waals surface area (Å²) < 4.78 is 5.45. The van der Waals surface area contributed by atoms with Gasteiger partial charge in [-0.05, 0) is 59.7 Å². The summed E-state index contributed by atoms with van der Waals surface area (Å²) in [6, 6.07) is 17.9. The van der Waals surface area contributed by atoms with E-state index in [9.17, 15) is 4.79 Å². The number of aromatic nitrogens is 1. The first-order chi connectivity index (χ1) is 15.7. The average Bonchev–Trinajstić information content (AvgIpc) is 3.33. The van der Waals surface area contributed by atoms with Gasteiger partial charge in [0.05, 0.1) is 5.71 Å². The summed E-state index contributed by atoms with van der Waals surface area (Å²) in [5, 5.41) is 13.3. The largest absolute Gasteiger partial charge is 0.482 e. The third-order valence-corrected chi connectivity index (χ3v) is 5.46. The number of fused-ring (bicyclic) bond motifs is 1. The van der Waals surface area contributed by atoms with Gasteiger partial charge in [0.25, 0.3) is 0 Å². The molecule has 2 aromatic carbocycles. The molecular weight excluding hydrogens is 404 g/mol. The van der Waals surface area contributed by atoms with Gasteiger partial charge in [0, 0.05) is 18.8 Å². The predicted octanol–water partition coefficient (Wildman–Crippen LogP) is 4.56. The Bertz CT molecular complexity index is 1100. The predicted molar refractivity (Wildman–Crippen MR) is 123 cm³/mol. The number of carboxylic acids is 1. The highest BCUT2D eigenvalue weighted by atomic mass is 16.6. The van der Waals surface area contributed by atoms with Crippen LogP contribution in [0.1, 0.15) is 28.7 Å². The second-order valence-corrected chi connectivity index (χ2v) is 7.71. The van der Waals surface area contributed by atoms with Crippen LogP contribution in [0.2, 0.25) is 0 Å². The molecule has 0 saturated carbocycles. The fourth-order valence-electron chi connectivity index (χ4n) is 3.88. The molecule has 3 aromatic rings. The normalized spacial score (nSPS) is 14.8. The van der Waals surface area contributed by atoms with E-state index >= 15 is 0 Å². The Kier molecular flexibility index (Phi) is 7.02. The molecule has 4 rings (SSSR count). The van der Waals surface area contributed by atoms with Gasteiger partial charge in [0.1, 0.15) is 12.4 Å². The van der Waals surface area contributed by atoms with Crippen LogP contribution in [0.25, 0.3) is 0 Å². The molecule has 6 nitrogen and oxygen atoms in total. The number of benzene rings is 2. The van der Waals surface area contributed by atoms with Gasteiger partial charge in [-0.25, -0.2) is 4.79 Å². The van der Waals surface area contributed by atoms with E-state index in [2.05, 4.69) is 22.3 Å². The number of nitrogens with one attached hydrogen (secondary N) is 1. The van der Waals surface area contributed by atoms with E-state index in [1.165, 1.54) is 11.1 Å². The maximum atomic E-state index is 10.8. The highest BCUT2D eigenvalue weighted by molar-refractivity contribution is 6.01. The number of carboxylic acid groups (broad SMARTS) is 1. The Morgan fingerprint density at radius 3 is 2.75 bits per heavy atom. The summed E-state index contributed by atoms with van der Waals surface area (Å²) in [5.41, 5.74) is 6.64. The molecule has 0 unspecified atom stereocenters. The first-order valence-electron chi connectivity index (χ1n) is 10.7. The van der Waals surface area contributed by atoms with Gasteiger partial charge in [-0.1, -0.05) is 53.2 Å². The Balaban J connectivity index is 1.40. The van der Waals surface area contributed by atoms with Gasteiger partial charge < -0.3 is 19.7 Å². The van der Waals surface area contributed by atoms with Gasteiger partial charge >= 0.3 is 5.97 Å². The number of oxime groups is 1. The molecule has 0 aliphatic heterocycles. The van der Waals surface area contributed by atoms with Crippen LogP contribution in [0.5, 0.6) is 5.75 Å². The summed E-state index contributed by atoms with van der Waals surface area (Å²) >= 11 is 0. The number of nitrogens with zero attached hydrogens (tertiary/aromatic N) is 1. The number of hydrogen-bond donors (Lipinski definition) is 2. The van der Waals surface area contributed by atoms with Crippen LogP contribution in [0, 0.1) is 0 Å². The third-order valence-electron chi connectivity index (χ3n) is 5.46. The van der Waals surface area contributed by atoms with Crippen molar-refractivity contribution < 1.29 is 19.5 Å². The lowest BCUT2D eigenvalue weighted by Crippen LogP contribution is -2.13. The molecule has 0 saturated heterocycles. The molecule has 1 aliphatic rings. The lowest BCUT2D eigenvalue weighted by molar-refractivity contribution is -0.139. The Labute approximate surface area is 187 Å². The van der Waals surface area contributed by atoms with E-state index in [1.807, 2.05) is 60.9 Å². The molecule has 1 aliphatic carbocycles. The van der Waals surface area contributed by atoms with Crippen molar-refractivity contribution in [2.45, 2.75) is 25.7 Å². The molecule has 164 valence electrons. The molecule has 32 heavy (non-hydrogen) atoms. The molecule has 0 spiro atoms. The smallest absolute Gasteiger partial charge is 0.341 e. The van der Waals surface area contributed by atoms with Crippen LogP contribution in [-0.4, -0.2) is 35.0 Å². The number of aromatic amines is 1. The Hall–Kier alpha value is -3.80. The first-order valence-corrected chi connectivity index (χ1v) is 10.7. The molecule has 2 N–H and O–H groups in total. The number of allylic oxidation sites excluding steroid dienone is 1. The maximum absolute atomic E-state index is 10.8. The number of aliphatic carboxylic acids is 1. The second-order valence-electron chi connectivity index (χ2n) is 7.71. The first kappa shape index (κ1) is 21.4. The minimum atomic E-state index is -0.969. The van der Waals surface area contributed by atoms with Crippen LogP contribution in [0.15, 0.2) is 83.8 Å². The monoisotopic (exact) mass is 430 g/mol. The standard InChI is InChI=1S/C26H26N2O4/c29-26(30)18-31-25-8-4-7-22-15-19(9-10-23(22)25)12-14-32-28-24(16-20-11-13-27-17-20)21-5-2-1-3-6-21/h1-8,11-13,17,27H,9-10,14-16,18H2,(H,29,30)/b19-12-,28-24+. The lowest BCUT2D eigenvalue weighted by Gasteiger charge is -2.21. The minimum absolute atomic E-state index is 0.322. The van der Waals surface area contributed by atoms with Gasteiger partial charge in [0.15, 0.2) is 6.61 Å². The number of H-pyrrole nitrogens is 1. The third kappa shape index (κ3) is 5.66. The van der Waals surface area contributed by atoms with Crippen molar-refractivity contribution in [2.24, 2.45) is 5.16 Å². The van der Waals surface area contributed by atoms with Crippen molar-refractivity contribution in [3.63, 3.8) is 0 Å². The van der Waals surface area contributed by atoms with Crippen molar-refractivity contribution in [3.8, 4) is 5.75 Å². The van der Waals surface area contributed by atoms with Crippen molar-refractivity contribution in [2.75, 3.05) is 13.2 Å². The van der Waals surface area contributed by atoms with Gasteiger partial charge in [0.2, 0.25) is 0 Å². The molecule has 0 atom stereocenters. The van der Waals surface area contributed by atoms with Gasteiger partial charge in [-0.2, -0.15) is 0 Å². The average molecular weight is 431 g/mol. The summed E-state index contributed by atoms with van der Waals surface area (Å²) in [7, 11) is 0. The number of hydrogen-bond acceptors (Lipinski definition) is 4. The Morgan fingerprint density at radius 1 is 1.09 bits per heavy atom. The molecular formula is C26H26N2O4. The van der Waals surface area contributed by atoms with Crippen molar-refractivity contribution in [1.82, 2.24) is 4.98 Å². The zero-order valence-corrected chi connectivity index (χ0v) is 17.8. The van der Waals surface area contributed by atoms with E-state index in [-0.39, 0.29) is 6.61 Å². The van der Waals surface area contributed by atoms with Crippen LogP contribution in [0.3, 0.4) is 0 Å². The summed E-state index contributed by atoms with van der Waals surface area (Å²) in [6.45, 7) is 0.0842. The lowest BCUT2D eigenvalue weighted by atomic mass is 9.87. The van der Waals surface area contributed by atoms with Crippen LogP contribution in [-0.2, 0) is 28.9 Å². The summed E-state index contributed by atoms with van der Waals surface area (Å²) in [6.07, 6.45) is 9.18. The molecule has 6 heteroatoms. The quantitative estimate of drug-likeness (QED) is 0.226. The van der Waals surface area contributed by atoms with Crippen LogP contribution >= 0.6 is 0 Å². The van der Waals surface area contributed by atoms with E-state index in [0.717, 1.165) is 41.7 Å². The fourth-order valence-corrected chi connectivity index (χ4v) is 3.88. The molecule has 0 amide bonds. The van der Waals surface area contributed by atoms with Crippen LogP contribution < -0.4 is 4.74 Å². The van der Waals surface area contributed by atoms with E-state index in [4.69, 9.17) is 14.7 Å². The molecule has 1 aromatic heterocycles. The number of rotatable bonds is 9. The van der Waals surface area contributed by atoms with Crippen molar-refractivity contribution >= 4 is 11.7 Å². The molecule has 0 fully saturated rings. The highest BCUT2D eigenvalue weighted by Crippen LogP contribution is 2.31. The topological polar surface area (TPSA) is 83.9 Å². The zero-order valence-electron chi connectivity index (χ0n) is 17.8. The fraction of sp³-hybridized carbons (Fsp3) is 0.231. The van der Waals surface area contributed by atoms with E-state index in [0.29, 0.717) is 18.8 Å². The SMILES string of the molecule is O=C(O)COc1cccc2c1CC/C(=C/CO/N=C(\Cc1cc[nH]c1)c1ccccc1)C2. The molecule has 0 radical (unpaired) electrons. The summed E-state index contributed by atoms with van der Waals surface area (Å²) in [4.78, 5) is 19.6. The van der Waals surface area contributed by atoms with E-state index in [1.54, 1.807) is 0 Å². The molecule has 1 heterocycles. The van der Waals surface area contributed by atoms with Crippen molar-refractivity contribution in [3.05, 3.63) is 101 Å². The minimum Gasteiger partial charge on any atom is -0.482 e. The van der Waals surface area contributed by atoms with E-state index < -0.39 is 5.97 Å².